The van der Waals surface area contributed by atoms with E-state index >= 15 is 0 Å². The van der Waals surface area contributed by atoms with E-state index in [1.54, 1.807) is 45.9 Å². The van der Waals surface area contributed by atoms with Crippen LogP contribution in [0.2, 0.25) is 0 Å². The van der Waals surface area contributed by atoms with E-state index in [0.29, 0.717) is 11.6 Å². The lowest BCUT2D eigenvalue weighted by atomic mass is 9.84. The Morgan fingerprint density at radius 1 is 1.32 bits per heavy atom. The molecule has 1 aromatic heterocycles. The van der Waals surface area contributed by atoms with Gasteiger partial charge in [0.15, 0.2) is 11.2 Å². The fourth-order valence-electron chi connectivity index (χ4n) is 1.97. The molecule has 0 bridgehead atoms. The number of rotatable bonds is 2. The van der Waals surface area contributed by atoms with Gasteiger partial charge in [0.2, 0.25) is 5.88 Å². The maximum absolute atomic E-state index is 12.4. The standard InChI is InChI=1S/C13H18N3O3/c1-12(2)13(3,4)16(18)11(15(12)17)9-7-6-8-10(14-9)19-5/h6-8H,1-5H3. The van der Waals surface area contributed by atoms with Gasteiger partial charge in [0.05, 0.1) is 7.11 Å². The van der Waals surface area contributed by atoms with E-state index in [2.05, 4.69) is 4.98 Å². The molecule has 103 valence electrons. The maximum atomic E-state index is 12.4. The summed E-state index contributed by atoms with van der Waals surface area (Å²) in [5, 5.41) is 25.6. The van der Waals surface area contributed by atoms with Crippen molar-refractivity contribution in [3.63, 3.8) is 0 Å². The molecule has 0 aliphatic carbocycles. The minimum absolute atomic E-state index is 0.0221. The molecule has 1 radical (unpaired) electrons. The van der Waals surface area contributed by atoms with Crippen LogP contribution in [-0.4, -0.2) is 38.8 Å². The van der Waals surface area contributed by atoms with Crippen molar-refractivity contribution in [1.82, 2.24) is 10.0 Å². The highest BCUT2D eigenvalue weighted by atomic mass is 16.5. The van der Waals surface area contributed by atoms with E-state index < -0.39 is 11.1 Å². The molecule has 0 fully saturated rings. The molecule has 0 saturated carbocycles. The monoisotopic (exact) mass is 264 g/mol. The quantitative estimate of drug-likeness (QED) is 0.600. The second-order valence-electron chi connectivity index (χ2n) is 5.60. The number of amidine groups is 1. The topological polar surface area (TPSA) is 71.3 Å². The summed E-state index contributed by atoms with van der Waals surface area (Å²) in [5.41, 5.74) is -1.35. The van der Waals surface area contributed by atoms with Crippen molar-refractivity contribution in [3.8, 4) is 5.88 Å². The normalized spacial score (nSPS) is 20.8. The largest absolute Gasteiger partial charge is 0.714 e. The van der Waals surface area contributed by atoms with E-state index in [-0.39, 0.29) is 5.84 Å². The van der Waals surface area contributed by atoms with Crippen LogP contribution in [0.25, 0.3) is 0 Å². The van der Waals surface area contributed by atoms with Gasteiger partial charge in [0.25, 0.3) is 0 Å². The van der Waals surface area contributed by atoms with Crippen molar-refractivity contribution in [3.05, 3.63) is 29.1 Å². The van der Waals surface area contributed by atoms with Crippen molar-refractivity contribution in [2.75, 3.05) is 7.11 Å². The summed E-state index contributed by atoms with van der Waals surface area (Å²) < 4.78 is 5.76. The fraction of sp³-hybridized carbons (Fsp3) is 0.538. The van der Waals surface area contributed by atoms with Crippen LogP contribution in [0.4, 0.5) is 0 Å². The Bertz CT molecular complexity index is 538. The third-order valence-electron chi connectivity index (χ3n) is 4.06. The molecule has 6 heteroatoms. The van der Waals surface area contributed by atoms with Gasteiger partial charge >= 0.3 is 5.84 Å². The Hall–Kier alpha value is -1.82. The molecular weight excluding hydrogens is 246 g/mol. The van der Waals surface area contributed by atoms with Gasteiger partial charge in [0, 0.05) is 11.3 Å². The number of nitrogens with zero attached hydrogens (tertiary/aromatic N) is 3. The summed E-state index contributed by atoms with van der Waals surface area (Å²) in [6.45, 7) is 6.99. The van der Waals surface area contributed by atoms with Gasteiger partial charge in [-0.3, -0.25) is 4.74 Å². The first-order valence-electron chi connectivity index (χ1n) is 6.06. The van der Waals surface area contributed by atoms with E-state index in [9.17, 15) is 10.4 Å². The summed E-state index contributed by atoms with van der Waals surface area (Å²) in [6, 6.07) is 5.00. The number of aromatic nitrogens is 1. The highest BCUT2D eigenvalue weighted by Gasteiger charge is 2.60. The highest BCUT2D eigenvalue weighted by molar-refractivity contribution is 5.94. The highest BCUT2D eigenvalue weighted by Crippen LogP contribution is 2.37. The second-order valence-corrected chi connectivity index (χ2v) is 5.60. The van der Waals surface area contributed by atoms with E-state index in [1.165, 1.54) is 7.11 Å². The van der Waals surface area contributed by atoms with Crippen LogP contribution in [0.15, 0.2) is 18.2 Å². The molecule has 1 aliphatic heterocycles. The van der Waals surface area contributed by atoms with Gasteiger partial charge in [-0.05, 0) is 33.8 Å². The van der Waals surface area contributed by atoms with Crippen LogP contribution in [0.5, 0.6) is 5.88 Å². The lowest BCUT2D eigenvalue weighted by molar-refractivity contribution is -0.539. The first-order chi connectivity index (χ1) is 8.73. The predicted molar refractivity (Wildman–Crippen MR) is 69.2 cm³/mol. The average Bonchev–Trinajstić information content (AvgIpc) is 2.49. The predicted octanol–water partition coefficient (Wildman–Crippen LogP) is 1.57. The minimum Gasteiger partial charge on any atom is -0.714 e. The molecule has 0 amide bonds. The number of hydroxylamine groups is 3. The molecule has 6 nitrogen and oxygen atoms in total. The molecule has 1 aliphatic rings. The van der Waals surface area contributed by atoms with E-state index in [0.717, 1.165) is 9.80 Å². The minimum atomic E-state index is -0.838. The third-order valence-corrected chi connectivity index (χ3v) is 4.06. The van der Waals surface area contributed by atoms with Crippen LogP contribution in [0.3, 0.4) is 0 Å². The number of ether oxygens (including phenoxy) is 1. The van der Waals surface area contributed by atoms with Crippen molar-refractivity contribution in [2.24, 2.45) is 0 Å². The van der Waals surface area contributed by atoms with E-state index in [4.69, 9.17) is 4.74 Å². The van der Waals surface area contributed by atoms with Gasteiger partial charge in [-0.25, -0.2) is 4.98 Å². The van der Waals surface area contributed by atoms with E-state index in [1.807, 2.05) is 0 Å². The molecule has 0 unspecified atom stereocenters. The molecule has 2 heterocycles. The van der Waals surface area contributed by atoms with Crippen LogP contribution in [-0.2, 0) is 5.21 Å². The summed E-state index contributed by atoms with van der Waals surface area (Å²) in [4.78, 5) is 4.16. The number of hydrogen-bond donors (Lipinski definition) is 0. The zero-order valence-corrected chi connectivity index (χ0v) is 11.8. The summed E-state index contributed by atoms with van der Waals surface area (Å²) in [6.07, 6.45) is 0. The smallest absolute Gasteiger partial charge is 0.335 e. The van der Waals surface area contributed by atoms with Crippen molar-refractivity contribution in [2.45, 2.75) is 38.8 Å². The summed E-state index contributed by atoms with van der Waals surface area (Å²) in [7, 11) is 1.49. The van der Waals surface area contributed by atoms with Crippen LogP contribution in [0.1, 0.15) is 33.4 Å². The van der Waals surface area contributed by atoms with Crippen LogP contribution >= 0.6 is 0 Å². The van der Waals surface area contributed by atoms with Gasteiger partial charge in [-0.2, -0.15) is 0 Å². The number of methoxy groups -OCH3 is 1. The Morgan fingerprint density at radius 3 is 2.42 bits per heavy atom. The molecule has 0 saturated heterocycles. The number of pyridine rings is 1. The van der Waals surface area contributed by atoms with Gasteiger partial charge in [-0.1, -0.05) is 11.1 Å². The molecule has 0 spiro atoms. The van der Waals surface area contributed by atoms with Crippen LogP contribution < -0.4 is 4.74 Å². The molecule has 0 N–H and O–H groups in total. The zero-order valence-electron chi connectivity index (χ0n) is 11.8. The Morgan fingerprint density at radius 2 is 1.95 bits per heavy atom. The Balaban J connectivity index is 2.58. The zero-order chi connectivity index (χ0) is 14.4. The molecular formula is C13H18N3O3. The SMILES string of the molecule is COc1cccc(C2=[N+]([O-])C(C)(C)C(C)(C)N2[O])n1. The second kappa shape index (κ2) is 4.09. The van der Waals surface area contributed by atoms with Gasteiger partial charge in [0.1, 0.15) is 5.54 Å². The summed E-state index contributed by atoms with van der Waals surface area (Å²) >= 11 is 0. The molecule has 19 heavy (non-hydrogen) atoms. The lowest BCUT2D eigenvalue weighted by Crippen LogP contribution is -2.53. The fourth-order valence-corrected chi connectivity index (χ4v) is 1.97. The van der Waals surface area contributed by atoms with Crippen molar-refractivity contribution >= 4 is 5.84 Å². The maximum Gasteiger partial charge on any atom is 0.335 e. The summed E-state index contributed by atoms with van der Waals surface area (Å²) in [5.74, 6) is 0.392. The van der Waals surface area contributed by atoms with Crippen molar-refractivity contribution < 1.29 is 14.7 Å². The molecule has 2 rings (SSSR count). The molecule has 0 aromatic carbocycles. The first kappa shape index (κ1) is 13.6. The molecule has 0 atom stereocenters. The Kier molecular flexibility index (Phi) is 2.93. The average molecular weight is 264 g/mol. The van der Waals surface area contributed by atoms with Gasteiger partial charge in [-0.15, -0.1) is 0 Å². The Labute approximate surface area is 112 Å². The van der Waals surface area contributed by atoms with Gasteiger partial charge < -0.3 is 9.94 Å². The number of hydrogen-bond acceptors (Lipinski definition) is 4. The van der Waals surface area contributed by atoms with Crippen molar-refractivity contribution in [1.29, 1.82) is 0 Å². The van der Waals surface area contributed by atoms with Crippen LogP contribution in [0, 0.1) is 5.21 Å². The molecule has 1 aromatic rings. The lowest BCUT2D eigenvalue weighted by Gasteiger charge is -2.32. The third kappa shape index (κ3) is 1.74. The first-order valence-corrected chi connectivity index (χ1v) is 6.06.